The molecular formula is C15H21F3N2O2S2. The molecule has 2 rings (SSSR count). The van der Waals surface area contributed by atoms with Crippen LogP contribution in [0.5, 0.6) is 0 Å². The van der Waals surface area contributed by atoms with Crippen molar-refractivity contribution < 1.29 is 21.6 Å². The summed E-state index contributed by atoms with van der Waals surface area (Å²) in [6.07, 6.45) is -3.88. The molecule has 4 nitrogen and oxygen atoms in total. The quantitative estimate of drug-likeness (QED) is 0.803. The van der Waals surface area contributed by atoms with Crippen molar-refractivity contribution in [2.24, 2.45) is 0 Å². The summed E-state index contributed by atoms with van der Waals surface area (Å²) in [6.45, 7) is 0.856. The smallest absolute Gasteiger partial charge is 0.308 e. The van der Waals surface area contributed by atoms with E-state index in [-0.39, 0.29) is 10.9 Å². The lowest BCUT2D eigenvalue weighted by Crippen LogP contribution is -2.46. The third-order valence-electron chi connectivity index (χ3n) is 3.73. The first kappa shape index (κ1) is 19.6. The van der Waals surface area contributed by atoms with E-state index >= 15 is 0 Å². The molecule has 0 saturated carbocycles. The summed E-state index contributed by atoms with van der Waals surface area (Å²) in [5.41, 5.74) is -0.947. The van der Waals surface area contributed by atoms with Gasteiger partial charge in [-0.2, -0.15) is 29.2 Å². The Balaban J connectivity index is 2.39. The van der Waals surface area contributed by atoms with Crippen LogP contribution in [-0.4, -0.2) is 62.4 Å². The van der Waals surface area contributed by atoms with Crippen molar-refractivity contribution in [3.63, 3.8) is 0 Å². The van der Waals surface area contributed by atoms with Crippen LogP contribution >= 0.6 is 11.8 Å². The van der Waals surface area contributed by atoms with Crippen molar-refractivity contribution in [3.8, 4) is 0 Å². The van der Waals surface area contributed by atoms with E-state index in [9.17, 15) is 21.6 Å². The van der Waals surface area contributed by atoms with Gasteiger partial charge in [0.25, 0.3) is 0 Å². The zero-order valence-electron chi connectivity index (χ0n) is 13.6. The summed E-state index contributed by atoms with van der Waals surface area (Å²) in [7, 11) is -0.266. The lowest BCUT2D eigenvalue weighted by atomic mass is 10.2. The van der Waals surface area contributed by atoms with E-state index in [1.54, 1.807) is 11.8 Å². The molecule has 0 radical (unpaired) electrons. The van der Waals surface area contributed by atoms with Crippen LogP contribution in [0.25, 0.3) is 0 Å². The molecule has 24 heavy (non-hydrogen) atoms. The van der Waals surface area contributed by atoms with E-state index in [0.29, 0.717) is 25.3 Å². The van der Waals surface area contributed by atoms with Gasteiger partial charge in [0.2, 0.25) is 10.0 Å². The average Bonchev–Trinajstić information content (AvgIpc) is 2.72. The Labute approximate surface area is 145 Å². The molecule has 0 amide bonds. The molecule has 1 aromatic rings. The van der Waals surface area contributed by atoms with Gasteiger partial charge in [0.15, 0.2) is 0 Å². The van der Waals surface area contributed by atoms with Gasteiger partial charge in [-0.1, -0.05) is 6.07 Å². The van der Waals surface area contributed by atoms with Gasteiger partial charge in [-0.3, -0.25) is 0 Å². The molecule has 1 aliphatic rings. The summed E-state index contributed by atoms with van der Waals surface area (Å²) in [5, 5.41) is 0. The van der Waals surface area contributed by atoms with Gasteiger partial charge in [-0.15, -0.1) is 0 Å². The lowest BCUT2D eigenvalue weighted by molar-refractivity contribution is -0.137. The number of hydrogen-bond acceptors (Lipinski definition) is 4. The number of nitrogens with zero attached hydrogens (tertiary/aromatic N) is 2. The highest BCUT2D eigenvalue weighted by atomic mass is 32.2. The maximum atomic E-state index is 12.9. The predicted octanol–water partition coefficient (Wildman–Crippen LogP) is 2.76. The summed E-state index contributed by atoms with van der Waals surface area (Å²) >= 11 is 1.68. The van der Waals surface area contributed by atoms with Gasteiger partial charge >= 0.3 is 6.18 Å². The first-order chi connectivity index (χ1) is 11.1. The summed E-state index contributed by atoms with van der Waals surface area (Å²) in [6, 6.07) is 3.72. The molecule has 0 aliphatic carbocycles. The minimum atomic E-state index is -4.57. The first-order valence-corrected chi connectivity index (χ1v) is 10.1. The van der Waals surface area contributed by atoms with Gasteiger partial charge in [-0.25, -0.2) is 8.42 Å². The van der Waals surface area contributed by atoms with Crippen LogP contribution in [-0.2, 0) is 16.2 Å². The van der Waals surface area contributed by atoms with Crippen LogP contribution in [0.4, 0.5) is 13.2 Å². The Morgan fingerprint density at radius 1 is 1.33 bits per heavy atom. The molecule has 1 heterocycles. The normalized spacial score (nSPS) is 21.0. The van der Waals surface area contributed by atoms with Crippen LogP contribution < -0.4 is 0 Å². The highest BCUT2D eigenvalue weighted by molar-refractivity contribution is 7.99. The van der Waals surface area contributed by atoms with Gasteiger partial charge in [0.1, 0.15) is 0 Å². The Morgan fingerprint density at radius 3 is 2.67 bits per heavy atom. The highest BCUT2D eigenvalue weighted by Gasteiger charge is 2.36. The molecule has 0 aromatic heterocycles. The van der Waals surface area contributed by atoms with Gasteiger partial charge < -0.3 is 4.90 Å². The lowest BCUT2D eigenvalue weighted by Gasteiger charge is -2.30. The zero-order chi connectivity index (χ0) is 18.0. The standard InChI is InChI=1S/C15H21F3N2O2S2/c1-19(2)10-13-11-23-8-4-7-20(13)24(21,22)14-6-3-5-12(9-14)15(16,17)18/h3,5-6,9,13H,4,7-8,10-11H2,1-2H3. The number of halogens is 3. The number of alkyl halides is 3. The highest BCUT2D eigenvalue weighted by Crippen LogP contribution is 2.32. The molecule has 136 valence electrons. The molecule has 1 atom stereocenters. The van der Waals surface area contributed by atoms with Crippen molar-refractivity contribution in [2.75, 3.05) is 38.7 Å². The van der Waals surface area contributed by atoms with E-state index in [1.807, 2.05) is 19.0 Å². The fraction of sp³-hybridized carbons (Fsp3) is 0.600. The van der Waals surface area contributed by atoms with E-state index in [2.05, 4.69) is 0 Å². The molecular weight excluding hydrogens is 361 g/mol. The molecule has 1 saturated heterocycles. The molecule has 0 bridgehead atoms. The minimum absolute atomic E-state index is 0.257. The van der Waals surface area contributed by atoms with Crippen LogP contribution in [0.2, 0.25) is 0 Å². The topological polar surface area (TPSA) is 40.6 Å². The number of likely N-dealkylation sites (N-methyl/N-ethyl adjacent to an activating group) is 1. The average molecular weight is 382 g/mol. The summed E-state index contributed by atoms with van der Waals surface area (Å²) in [4.78, 5) is 1.60. The monoisotopic (exact) mass is 382 g/mol. The van der Waals surface area contributed by atoms with Gasteiger partial charge in [-0.05, 0) is 44.5 Å². The van der Waals surface area contributed by atoms with E-state index in [0.717, 1.165) is 24.0 Å². The fourth-order valence-corrected chi connectivity index (χ4v) is 5.51. The third-order valence-corrected chi connectivity index (χ3v) is 6.87. The second kappa shape index (κ2) is 7.63. The number of thioether (sulfide) groups is 1. The predicted molar refractivity (Wildman–Crippen MR) is 89.6 cm³/mol. The van der Waals surface area contributed by atoms with Crippen molar-refractivity contribution in [3.05, 3.63) is 29.8 Å². The van der Waals surface area contributed by atoms with Crippen molar-refractivity contribution >= 4 is 21.8 Å². The van der Waals surface area contributed by atoms with Crippen molar-refractivity contribution in [1.29, 1.82) is 0 Å². The fourth-order valence-electron chi connectivity index (χ4n) is 2.66. The molecule has 9 heteroatoms. The van der Waals surface area contributed by atoms with Gasteiger partial charge in [0.05, 0.1) is 10.5 Å². The Kier molecular flexibility index (Phi) is 6.22. The number of benzene rings is 1. The molecule has 1 fully saturated rings. The van der Waals surface area contributed by atoms with Gasteiger partial charge in [0, 0.05) is 24.9 Å². The Hall–Kier alpha value is -0.770. The maximum absolute atomic E-state index is 12.9. The SMILES string of the molecule is CN(C)CC1CSCCCN1S(=O)(=O)c1cccc(C(F)(F)F)c1. The van der Waals surface area contributed by atoms with E-state index < -0.39 is 21.8 Å². The van der Waals surface area contributed by atoms with E-state index in [1.165, 1.54) is 10.4 Å². The maximum Gasteiger partial charge on any atom is 0.416 e. The number of sulfonamides is 1. The number of hydrogen-bond donors (Lipinski definition) is 0. The van der Waals surface area contributed by atoms with Crippen molar-refractivity contribution in [1.82, 2.24) is 9.21 Å². The molecule has 1 aliphatic heterocycles. The second-order valence-electron chi connectivity index (χ2n) is 5.99. The second-order valence-corrected chi connectivity index (χ2v) is 9.03. The van der Waals surface area contributed by atoms with E-state index in [4.69, 9.17) is 0 Å². The molecule has 1 unspecified atom stereocenters. The van der Waals surface area contributed by atoms with Crippen LogP contribution in [0.1, 0.15) is 12.0 Å². The molecule has 0 spiro atoms. The molecule has 1 aromatic carbocycles. The Bertz CT molecular complexity index is 663. The Morgan fingerprint density at radius 2 is 2.04 bits per heavy atom. The number of rotatable bonds is 4. The first-order valence-electron chi connectivity index (χ1n) is 7.54. The largest absolute Gasteiger partial charge is 0.416 e. The van der Waals surface area contributed by atoms with Crippen molar-refractivity contribution in [2.45, 2.75) is 23.5 Å². The van der Waals surface area contributed by atoms with Crippen LogP contribution in [0, 0.1) is 0 Å². The summed E-state index contributed by atoms with van der Waals surface area (Å²) in [5.74, 6) is 1.48. The minimum Gasteiger partial charge on any atom is -0.308 e. The zero-order valence-corrected chi connectivity index (χ0v) is 15.2. The third kappa shape index (κ3) is 4.65. The van der Waals surface area contributed by atoms with Crippen LogP contribution in [0.15, 0.2) is 29.2 Å². The summed E-state index contributed by atoms with van der Waals surface area (Å²) < 4.78 is 65.9. The van der Waals surface area contributed by atoms with Crippen LogP contribution in [0.3, 0.4) is 0 Å². The molecule has 0 N–H and O–H groups in total.